The summed E-state index contributed by atoms with van der Waals surface area (Å²) in [5, 5.41) is 1.58. The van der Waals surface area contributed by atoms with E-state index in [-0.39, 0.29) is 6.54 Å². The van der Waals surface area contributed by atoms with E-state index in [0.717, 1.165) is 15.0 Å². The highest BCUT2D eigenvalue weighted by Crippen LogP contribution is 2.31. The number of hydrogen-bond acceptors (Lipinski definition) is 2. The van der Waals surface area contributed by atoms with Crippen molar-refractivity contribution in [1.29, 1.82) is 0 Å². The first-order valence-electron chi connectivity index (χ1n) is 6.95. The maximum Gasteiger partial charge on any atom is 0.405 e. The Labute approximate surface area is 140 Å². The number of halogens is 4. The molecule has 0 spiro atoms. The highest BCUT2D eigenvalue weighted by atomic mass is 35.5. The fraction of sp³-hybridized carbons (Fsp3) is 0.176. The maximum absolute atomic E-state index is 12.9. The molecule has 0 aliphatic carbocycles. The molecule has 0 unspecified atom stereocenters. The predicted octanol–water partition coefficient (Wildman–Crippen LogP) is 6.12. The smallest absolute Gasteiger partial charge is 0.357 e. The van der Waals surface area contributed by atoms with Gasteiger partial charge in [0, 0.05) is 20.3 Å². The van der Waals surface area contributed by atoms with Crippen LogP contribution in [0.3, 0.4) is 0 Å². The lowest BCUT2D eigenvalue weighted by molar-refractivity contribution is -0.119. The van der Waals surface area contributed by atoms with Crippen LogP contribution in [0.2, 0.25) is 5.02 Å². The van der Waals surface area contributed by atoms with Gasteiger partial charge in [-0.2, -0.15) is 13.2 Å². The van der Waals surface area contributed by atoms with Gasteiger partial charge in [0.05, 0.1) is 6.54 Å². The number of para-hydroxylation sites is 1. The molecule has 120 valence electrons. The molecule has 0 bridgehead atoms. The summed E-state index contributed by atoms with van der Waals surface area (Å²) in [6, 6.07) is 16.1. The SMILES string of the molecule is FC(F)(F)CN(Cc1cc2cc(Cl)ccc2s1)c1ccccc1. The molecular formula is C17H13ClF3NS. The van der Waals surface area contributed by atoms with Crippen LogP contribution in [0.25, 0.3) is 10.1 Å². The lowest BCUT2D eigenvalue weighted by Gasteiger charge is -2.25. The van der Waals surface area contributed by atoms with Crippen molar-refractivity contribution in [3.63, 3.8) is 0 Å². The van der Waals surface area contributed by atoms with Gasteiger partial charge >= 0.3 is 6.18 Å². The molecule has 1 aromatic heterocycles. The van der Waals surface area contributed by atoms with Gasteiger partial charge in [0.1, 0.15) is 6.54 Å². The Kier molecular flexibility index (Phi) is 4.50. The molecular weight excluding hydrogens is 343 g/mol. The lowest BCUT2D eigenvalue weighted by Crippen LogP contribution is -2.33. The number of benzene rings is 2. The molecule has 0 atom stereocenters. The van der Waals surface area contributed by atoms with E-state index < -0.39 is 12.7 Å². The molecule has 0 saturated heterocycles. The van der Waals surface area contributed by atoms with Crippen molar-refractivity contribution in [1.82, 2.24) is 0 Å². The average Bonchev–Trinajstić information content (AvgIpc) is 2.87. The molecule has 0 aliphatic rings. The lowest BCUT2D eigenvalue weighted by atomic mass is 10.2. The summed E-state index contributed by atoms with van der Waals surface area (Å²) in [6.45, 7) is -0.771. The number of hydrogen-bond donors (Lipinski definition) is 0. The largest absolute Gasteiger partial charge is 0.405 e. The summed E-state index contributed by atoms with van der Waals surface area (Å²) < 4.78 is 39.7. The van der Waals surface area contributed by atoms with Crippen LogP contribution >= 0.6 is 22.9 Å². The molecule has 0 N–H and O–H groups in total. The fourth-order valence-electron chi connectivity index (χ4n) is 2.43. The van der Waals surface area contributed by atoms with Gasteiger partial charge in [-0.3, -0.25) is 0 Å². The van der Waals surface area contributed by atoms with Crippen molar-refractivity contribution in [3.8, 4) is 0 Å². The molecule has 1 heterocycles. The van der Waals surface area contributed by atoms with Gasteiger partial charge < -0.3 is 4.90 Å². The van der Waals surface area contributed by atoms with Crippen molar-refractivity contribution < 1.29 is 13.2 Å². The van der Waals surface area contributed by atoms with Crippen molar-refractivity contribution in [2.24, 2.45) is 0 Å². The minimum Gasteiger partial charge on any atom is -0.357 e. The summed E-state index contributed by atoms with van der Waals surface area (Å²) in [7, 11) is 0. The number of fused-ring (bicyclic) bond motifs is 1. The van der Waals surface area contributed by atoms with Crippen LogP contribution in [-0.4, -0.2) is 12.7 Å². The number of thiophene rings is 1. The monoisotopic (exact) mass is 355 g/mol. The zero-order valence-corrected chi connectivity index (χ0v) is 13.6. The van der Waals surface area contributed by atoms with E-state index in [1.165, 1.54) is 16.2 Å². The molecule has 6 heteroatoms. The van der Waals surface area contributed by atoms with E-state index in [0.29, 0.717) is 10.7 Å². The Morgan fingerprint density at radius 1 is 1.00 bits per heavy atom. The standard InChI is InChI=1S/C17H13ClF3NS/c18-13-6-7-16-12(8-13)9-15(23-16)10-22(11-17(19,20)21)14-4-2-1-3-5-14/h1-9H,10-11H2. The molecule has 0 radical (unpaired) electrons. The Morgan fingerprint density at radius 3 is 2.43 bits per heavy atom. The van der Waals surface area contributed by atoms with E-state index in [2.05, 4.69) is 0 Å². The van der Waals surface area contributed by atoms with Gasteiger partial charge in [0.2, 0.25) is 0 Å². The van der Waals surface area contributed by atoms with E-state index in [9.17, 15) is 13.2 Å². The van der Waals surface area contributed by atoms with E-state index >= 15 is 0 Å². The molecule has 23 heavy (non-hydrogen) atoms. The van der Waals surface area contributed by atoms with Crippen LogP contribution in [-0.2, 0) is 6.54 Å². The number of anilines is 1. The van der Waals surface area contributed by atoms with E-state index in [1.807, 2.05) is 18.2 Å². The van der Waals surface area contributed by atoms with E-state index in [4.69, 9.17) is 11.6 Å². The minimum absolute atomic E-state index is 0.209. The first-order chi connectivity index (χ1) is 10.9. The zero-order chi connectivity index (χ0) is 16.4. The van der Waals surface area contributed by atoms with Crippen molar-refractivity contribution in [3.05, 3.63) is 64.5 Å². The topological polar surface area (TPSA) is 3.24 Å². The first kappa shape index (κ1) is 16.1. The summed E-state index contributed by atoms with van der Waals surface area (Å²) in [4.78, 5) is 2.21. The van der Waals surface area contributed by atoms with Crippen LogP contribution in [0.15, 0.2) is 54.6 Å². The number of nitrogens with zero attached hydrogens (tertiary/aromatic N) is 1. The Balaban J connectivity index is 1.90. The Morgan fingerprint density at radius 2 is 1.74 bits per heavy atom. The number of alkyl halides is 3. The molecule has 0 amide bonds. The third-order valence-electron chi connectivity index (χ3n) is 3.37. The van der Waals surface area contributed by atoms with Crippen LogP contribution in [0.1, 0.15) is 4.88 Å². The summed E-state index contributed by atoms with van der Waals surface area (Å²) in [5.74, 6) is 0. The predicted molar refractivity (Wildman–Crippen MR) is 90.4 cm³/mol. The van der Waals surface area contributed by atoms with E-state index in [1.54, 1.807) is 36.4 Å². The van der Waals surface area contributed by atoms with Gasteiger partial charge in [-0.05, 0) is 41.8 Å². The second kappa shape index (κ2) is 6.42. The second-order valence-corrected chi connectivity index (χ2v) is 6.81. The highest BCUT2D eigenvalue weighted by Gasteiger charge is 2.31. The summed E-state index contributed by atoms with van der Waals surface area (Å²) >= 11 is 7.45. The summed E-state index contributed by atoms with van der Waals surface area (Å²) in [6.07, 6.45) is -4.25. The highest BCUT2D eigenvalue weighted by molar-refractivity contribution is 7.19. The molecule has 0 saturated carbocycles. The average molecular weight is 356 g/mol. The Bertz CT molecular complexity index is 798. The van der Waals surface area contributed by atoms with Gasteiger partial charge in [-0.15, -0.1) is 11.3 Å². The second-order valence-electron chi connectivity index (χ2n) is 5.20. The van der Waals surface area contributed by atoms with Crippen molar-refractivity contribution in [2.75, 3.05) is 11.4 Å². The van der Waals surface area contributed by atoms with Gasteiger partial charge in [0.25, 0.3) is 0 Å². The minimum atomic E-state index is -4.25. The van der Waals surface area contributed by atoms with Crippen LogP contribution < -0.4 is 4.90 Å². The maximum atomic E-state index is 12.9. The Hall–Kier alpha value is -1.72. The van der Waals surface area contributed by atoms with Crippen molar-refractivity contribution in [2.45, 2.75) is 12.7 Å². The molecule has 3 rings (SSSR count). The fourth-order valence-corrected chi connectivity index (χ4v) is 3.67. The quantitative estimate of drug-likeness (QED) is 0.544. The summed E-state index contributed by atoms with van der Waals surface area (Å²) in [5.41, 5.74) is 0.556. The van der Waals surface area contributed by atoms with Crippen molar-refractivity contribution >= 4 is 38.7 Å². The van der Waals surface area contributed by atoms with Gasteiger partial charge in [-0.25, -0.2) is 0 Å². The molecule has 0 fully saturated rings. The van der Waals surface area contributed by atoms with Crippen LogP contribution in [0, 0.1) is 0 Å². The van der Waals surface area contributed by atoms with Gasteiger partial charge in [0.15, 0.2) is 0 Å². The normalized spacial score (nSPS) is 11.8. The van der Waals surface area contributed by atoms with Crippen LogP contribution in [0.4, 0.5) is 18.9 Å². The van der Waals surface area contributed by atoms with Crippen LogP contribution in [0.5, 0.6) is 0 Å². The third-order valence-corrected chi connectivity index (χ3v) is 4.70. The molecule has 0 aliphatic heterocycles. The zero-order valence-electron chi connectivity index (χ0n) is 12.0. The first-order valence-corrected chi connectivity index (χ1v) is 8.15. The molecule has 1 nitrogen and oxygen atoms in total. The van der Waals surface area contributed by atoms with Gasteiger partial charge in [-0.1, -0.05) is 29.8 Å². The third kappa shape index (κ3) is 4.18. The molecule has 3 aromatic rings. The molecule has 2 aromatic carbocycles. The number of rotatable bonds is 4.